The molecule has 2 fully saturated rings. The van der Waals surface area contributed by atoms with Crippen LogP contribution in [0.4, 0.5) is 0 Å². The number of hydrogen-bond donors (Lipinski definition) is 1. The minimum atomic E-state index is -0.243. The van der Waals surface area contributed by atoms with Gasteiger partial charge in [0.15, 0.2) is 0 Å². The van der Waals surface area contributed by atoms with Crippen molar-refractivity contribution in [3.8, 4) is 0 Å². The van der Waals surface area contributed by atoms with E-state index in [1.807, 2.05) is 0 Å². The number of aliphatic hydroxyl groups is 1. The monoisotopic (exact) mass is 168 g/mol. The molecule has 0 aromatic rings. The van der Waals surface area contributed by atoms with Gasteiger partial charge in [-0.05, 0) is 37.5 Å². The molecule has 2 aliphatic rings. The van der Waals surface area contributed by atoms with Crippen LogP contribution in [0.3, 0.4) is 0 Å². The van der Waals surface area contributed by atoms with Crippen molar-refractivity contribution >= 4 is 0 Å². The number of rotatable bonds is 2. The summed E-state index contributed by atoms with van der Waals surface area (Å²) in [6, 6.07) is 0. The van der Waals surface area contributed by atoms with E-state index in [0.717, 1.165) is 6.42 Å². The van der Waals surface area contributed by atoms with E-state index in [4.69, 9.17) is 0 Å². The Balaban J connectivity index is 2.05. The first-order chi connectivity index (χ1) is 5.77. The van der Waals surface area contributed by atoms with Crippen LogP contribution in [-0.4, -0.2) is 10.7 Å². The van der Waals surface area contributed by atoms with Crippen molar-refractivity contribution in [3.05, 3.63) is 0 Å². The fourth-order valence-electron chi connectivity index (χ4n) is 3.09. The molecular weight excluding hydrogens is 148 g/mol. The second-order valence-electron chi connectivity index (χ2n) is 4.62. The normalized spacial score (nSPS) is 43.0. The first kappa shape index (κ1) is 8.55. The van der Waals surface area contributed by atoms with Gasteiger partial charge in [0.25, 0.3) is 0 Å². The zero-order valence-electron chi connectivity index (χ0n) is 8.05. The van der Waals surface area contributed by atoms with Crippen molar-refractivity contribution in [2.75, 3.05) is 0 Å². The molecule has 0 aromatic heterocycles. The van der Waals surface area contributed by atoms with Crippen molar-refractivity contribution < 1.29 is 5.11 Å². The van der Waals surface area contributed by atoms with Crippen molar-refractivity contribution in [3.63, 3.8) is 0 Å². The highest BCUT2D eigenvalue weighted by atomic mass is 16.3. The maximum Gasteiger partial charge on any atom is 0.0703 e. The maximum atomic E-state index is 10.5. The van der Waals surface area contributed by atoms with E-state index in [9.17, 15) is 5.11 Å². The predicted molar refractivity (Wildman–Crippen MR) is 49.9 cm³/mol. The molecule has 2 aliphatic carbocycles. The Morgan fingerprint density at radius 2 is 2.00 bits per heavy atom. The van der Waals surface area contributed by atoms with Crippen molar-refractivity contribution in [1.82, 2.24) is 0 Å². The SMILES string of the molecule is CCC1CCCC1(O)C1CCC1. The summed E-state index contributed by atoms with van der Waals surface area (Å²) in [5.41, 5.74) is -0.243. The van der Waals surface area contributed by atoms with Gasteiger partial charge < -0.3 is 5.11 Å². The summed E-state index contributed by atoms with van der Waals surface area (Å²) < 4.78 is 0. The lowest BCUT2D eigenvalue weighted by atomic mass is 9.68. The number of hydrogen-bond acceptors (Lipinski definition) is 1. The van der Waals surface area contributed by atoms with Crippen molar-refractivity contribution in [2.24, 2.45) is 11.8 Å². The molecule has 2 rings (SSSR count). The van der Waals surface area contributed by atoms with Gasteiger partial charge >= 0.3 is 0 Å². The van der Waals surface area contributed by atoms with Gasteiger partial charge in [-0.1, -0.05) is 26.2 Å². The first-order valence-corrected chi connectivity index (χ1v) is 5.49. The molecule has 1 heteroatoms. The van der Waals surface area contributed by atoms with Gasteiger partial charge in [0.2, 0.25) is 0 Å². The molecule has 1 nitrogen and oxygen atoms in total. The Labute approximate surface area is 75.2 Å². The summed E-state index contributed by atoms with van der Waals surface area (Å²) in [5.74, 6) is 1.27. The molecule has 0 heterocycles. The zero-order valence-corrected chi connectivity index (χ0v) is 8.05. The molecule has 70 valence electrons. The lowest BCUT2D eigenvalue weighted by Crippen LogP contribution is -2.44. The van der Waals surface area contributed by atoms with Crippen LogP contribution in [0, 0.1) is 11.8 Å². The third-order valence-electron chi connectivity index (χ3n) is 4.14. The minimum absolute atomic E-state index is 0.243. The molecule has 2 unspecified atom stereocenters. The highest BCUT2D eigenvalue weighted by Gasteiger charge is 2.47. The van der Waals surface area contributed by atoms with Crippen molar-refractivity contribution in [1.29, 1.82) is 0 Å². The summed E-state index contributed by atoms with van der Waals surface area (Å²) in [5, 5.41) is 10.5. The predicted octanol–water partition coefficient (Wildman–Crippen LogP) is 2.73. The summed E-state index contributed by atoms with van der Waals surface area (Å²) in [7, 11) is 0. The van der Waals surface area contributed by atoms with E-state index in [-0.39, 0.29) is 5.60 Å². The van der Waals surface area contributed by atoms with Gasteiger partial charge in [-0.15, -0.1) is 0 Å². The largest absolute Gasteiger partial charge is 0.389 e. The average molecular weight is 168 g/mol. The lowest BCUT2D eigenvalue weighted by Gasteiger charge is -2.42. The highest BCUT2D eigenvalue weighted by molar-refractivity contribution is 4.99. The standard InChI is InChI=1S/C11H20O/c1-2-9-7-4-8-11(9,12)10-5-3-6-10/h9-10,12H,2-8H2,1H3. The molecule has 0 aliphatic heterocycles. The van der Waals surface area contributed by atoms with Crippen LogP contribution in [0.25, 0.3) is 0 Å². The molecule has 1 N–H and O–H groups in total. The van der Waals surface area contributed by atoms with Gasteiger partial charge in [-0.2, -0.15) is 0 Å². The molecule has 2 saturated carbocycles. The molecule has 0 amide bonds. The Hall–Kier alpha value is -0.0400. The van der Waals surface area contributed by atoms with Gasteiger partial charge in [-0.25, -0.2) is 0 Å². The average Bonchev–Trinajstić information content (AvgIpc) is 2.27. The van der Waals surface area contributed by atoms with Crippen LogP contribution < -0.4 is 0 Å². The summed E-state index contributed by atoms with van der Waals surface area (Å²) in [6.07, 6.45) is 8.70. The van der Waals surface area contributed by atoms with E-state index < -0.39 is 0 Å². The fourth-order valence-corrected chi connectivity index (χ4v) is 3.09. The fraction of sp³-hybridized carbons (Fsp3) is 1.00. The van der Waals surface area contributed by atoms with Gasteiger partial charge in [0.05, 0.1) is 5.60 Å². The van der Waals surface area contributed by atoms with Crippen LogP contribution in [0.5, 0.6) is 0 Å². The molecule has 2 atom stereocenters. The minimum Gasteiger partial charge on any atom is -0.389 e. The molecular formula is C11H20O. The van der Waals surface area contributed by atoms with E-state index in [1.165, 1.54) is 38.5 Å². The quantitative estimate of drug-likeness (QED) is 0.672. The van der Waals surface area contributed by atoms with Gasteiger partial charge in [-0.3, -0.25) is 0 Å². The Bertz CT molecular complexity index is 162. The first-order valence-electron chi connectivity index (χ1n) is 5.49. The summed E-state index contributed by atoms with van der Waals surface area (Å²) in [6.45, 7) is 2.22. The van der Waals surface area contributed by atoms with Crippen LogP contribution >= 0.6 is 0 Å². The lowest BCUT2D eigenvalue weighted by molar-refractivity contribution is -0.0803. The maximum absolute atomic E-state index is 10.5. The van der Waals surface area contributed by atoms with Crippen LogP contribution in [-0.2, 0) is 0 Å². The third kappa shape index (κ3) is 1.10. The Morgan fingerprint density at radius 3 is 2.50 bits per heavy atom. The van der Waals surface area contributed by atoms with Crippen molar-refractivity contribution in [2.45, 2.75) is 57.5 Å². The molecule has 0 spiro atoms. The molecule has 0 aromatic carbocycles. The van der Waals surface area contributed by atoms with Crippen LogP contribution in [0.2, 0.25) is 0 Å². The smallest absolute Gasteiger partial charge is 0.0703 e. The topological polar surface area (TPSA) is 20.2 Å². The van der Waals surface area contributed by atoms with E-state index in [0.29, 0.717) is 11.8 Å². The molecule has 0 radical (unpaired) electrons. The van der Waals surface area contributed by atoms with Gasteiger partial charge in [0.1, 0.15) is 0 Å². The Morgan fingerprint density at radius 1 is 1.25 bits per heavy atom. The van der Waals surface area contributed by atoms with Gasteiger partial charge in [0, 0.05) is 0 Å². The second kappa shape index (κ2) is 3.02. The van der Waals surface area contributed by atoms with Crippen LogP contribution in [0.15, 0.2) is 0 Å². The zero-order chi connectivity index (χ0) is 8.60. The van der Waals surface area contributed by atoms with Crippen LogP contribution in [0.1, 0.15) is 51.9 Å². The molecule has 12 heavy (non-hydrogen) atoms. The van der Waals surface area contributed by atoms with E-state index >= 15 is 0 Å². The summed E-state index contributed by atoms with van der Waals surface area (Å²) >= 11 is 0. The highest BCUT2D eigenvalue weighted by Crippen LogP contribution is 2.49. The second-order valence-corrected chi connectivity index (χ2v) is 4.62. The third-order valence-corrected chi connectivity index (χ3v) is 4.14. The van der Waals surface area contributed by atoms with E-state index in [1.54, 1.807) is 0 Å². The Kier molecular flexibility index (Phi) is 2.16. The summed E-state index contributed by atoms with van der Waals surface area (Å²) in [4.78, 5) is 0. The van der Waals surface area contributed by atoms with E-state index in [2.05, 4.69) is 6.92 Å². The molecule has 0 bridgehead atoms. The molecule has 0 saturated heterocycles.